The van der Waals surface area contributed by atoms with Gasteiger partial charge in [-0.25, -0.2) is 0 Å². The number of rotatable bonds is 10. The van der Waals surface area contributed by atoms with E-state index in [2.05, 4.69) is 36.5 Å². The Morgan fingerprint density at radius 3 is 2.66 bits per heavy atom. The second-order valence-corrected chi connectivity index (χ2v) is 8.26. The molecule has 0 radical (unpaired) electrons. The lowest BCUT2D eigenvalue weighted by Crippen LogP contribution is -2.32. The van der Waals surface area contributed by atoms with Gasteiger partial charge in [0.15, 0.2) is 0 Å². The molecule has 0 aromatic heterocycles. The molecule has 1 aromatic rings. The molecule has 2 N–H and O–H groups in total. The van der Waals surface area contributed by atoms with Gasteiger partial charge in [0.1, 0.15) is 0 Å². The molecule has 158 valence electrons. The van der Waals surface area contributed by atoms with Gasteiger partial charge in [-0.3, -0.25) is 4.79 Å². The number of fused-ring (bicyclic) bond motifs is 2. The molecule has 0 aliphatic carbocycles. The average molecular weight is 418 g/mol. The van der Waals surface area contributed by atoms with E-state index in [0.717, 1.165) is 37.8 Å². The number of nitrogens with one attached hydrogen (secondary N) is 1. The van der Waals surface area contributed by atoms with Gasteiger partial charge in [0.2, 0.25) is 0 Å². The maximum atomic E-state index is 10.6. The Labute approximate surface area is 178 Å². The number of aryl methyl sites for hydroxylation is 1. The van der Waals surface area contributed by atoms with E-state index in [1.54, 1.807) is 0 Å². The number of carbonyl (C=O) groups is 1. The predicted octanol–water partition coefficient (Wildman–Crippen LogP) is 4.96. The molecule has 1 aromatic carbocycles. The molecule has 6 heteroatoms. The van der Waals surface area contributed by atoms with Gasteiger partial charge >= 0.3 is 5.97 Å². The maximum absolute atomic E-state index is 10.6. The highest BCUT2D eigenvalue weighted by Gasteiger charge is 2.48. The zero-order chi connectivity index (χ0) is 20.6. The molecule has 0 spiro atoms. The second-order valence-electron chi connectivity index (χ2n) is 7.89. The number of unbranched alkanes of at least 4 members (excludes halogenated alkanes) is 1. The van der Waals surface area contributed by atoms with E-state index in [1.807, 2.05) is 12.1 Å². The fraction of sp³-hybridized carbons (Fsp3) is 0.565. The van der Waals surface area contributed by atoms with Crippen LogP contribution in [0, 0.1) is 11.8 Å². The van der Waals surface area contributed by atoms with E-state index in [9.17, 15) is 4.79 Å². The van der Waals surface area contributed by atoms with Crippen LogP contribution in [0.25, 0.3) is 0 Å². The van der Waals surface area contributed by atoms with Crippen molar-refractivity contribution >= 4 is 29.0 Å². The summed E-state index contributed by atoms with van der Waals surface area (Å²) in [5, 5.41) is 12.3. The number of hydrogen-bond donors (Lipinski definition) is 2. The van der Waals surface area contributed by atoms with Gasteiger partial charge in [-0.2, -0.15) is 0 Å². The van der Waals surface area contributed by atoms with Gasteiger partial charge in [-0.15, -0.1) is 0 Å². The molecule has 2 aliphatic heterocycles. The van der Waals surface area contributed by atoms with Gasteiger partial charge < -0.3 is 19.9 Å². The SMILES string of the molecule is CCc1ccc(NC(=S)OC[C@@H]2[C@@H](CC=CCCCC(=O)O)[C@H]3CC[C@@H]2O3)cc1. The largest absolute Gasteiger partial charge is 0.481 e. The third-order valence-electron chi connectivity index (χ3n) is 5.94. The van der Waals surface area contributed by atoms with Crippen LogP contribution >= 0.6 is 12.2 Å². The van der Waals surface area contributed by atoms with Gasteiger partial charge in [-0.1, -0.05) is 31.2 Å². The van der Waals surface area contributed by atoms with Crippen LogP contribution in [-0.4, -0.2) is 35.1 Å². The lowest BCUT2D eigenvalue weighted by molar-refractivity contribution is -0.137. The molecule has 29 heavy (non-hydrogen) atoms. The van der Waals surface area contributed by atoms with E-state index in [-0.39, 0.29) is 12.5 Å². The number of carboxylic acids is 1. The molecule has 2 aliphatic rings. The first-order valence-electron chi connectivity index (χ1n) is 10.6. The first kappa shape index (κ1) is 21.8. The molecule has 5 nitrogen and oxygen atoms in total. The third-order valence-corrected chi connectivity index (χ3v) is 6.16. The number of aliphatic carboxylic acids is 1. The summed E-state index contributed by atoms with van der Waals surface area (Å²) in [6.45, 7) is 2.70. The molecular weight excluding hydrogens is 386 g/mol. The summed E-state index contributed by atoms with van der Waals surface area (Å²) in [6.07, 6.45) is 10.7. The lowest BCUT2D eigenvalue weighted by atomic mass is 9.78. The van der Waals surface area contributed by atoms with Crippen molar-refractivity contribution in [3.05, 3.63) is 42.0 Å². The minimum atomic E-state index is -0.733. The Kier molecular flexibility index (Phi) is 8.07. The Morgan fingerprint density at radius 2 is 1.97 bits per heavy atom. The van der Waals surface area contributed by atoms with Crippen LogP contribution in [0.2, 0.25) is 0 Å². The summed E-state index contributed by atoms with van der Waals surface area (Å²) in [5.74, 6) is 0.0544. The Bertz CT molecular complexity index is 718. The maximum Gasteiger partial charge on any atom is 0.303 e. The highest BCUT2D eigenvalue weighted by Crippen LogP contribution is 2.45. The highest BCUT2D eigenvalue weighted by molar-refractivity contribution is 7.80. The Morgan fingerprint density at radius 1 is 1.24 bits per heavy atom. The van der Waals surface area contributed by atoms with E-state index in [0.29, 0.717) is 36.1 Å². The van der Waals surface area contributed by atoms with Crippen molar-refractivity contribution < 1.29 is 19.4 Å². The number of anilines is 1. The van der Waals surface area contributed by atoms with Crippen LogP contribution < -0.4 is 5.32 Å². The standard InChI is InChI=1S/C23H31NO4S/c1-2-16-9-11-17(12-10-16)24-23(29)27-15-19-18(20-13-14-21(19)28-20)7-5-3-4-6-8-22(25)26/h3,5,9-12,18-21H,2,4,6-8,13-15H2,1H3,(H,24,29)(H,25,26)/t18-,19-,20-,21+/m1/s1. The van der Waals surface area contributed by atoms with Gasteiger partial charge in [0, 0.05) is 18.0 Å². The van der Waals surface area contributed by atoms with Crippen molar-refractivity contribution in [3.8, 4) is 0 Å². The van der Waals surface area contributed by atoms with Gasteiger partial charge in [0.05, 0.1) is 18.8 Å². The van der Waals surface area contributed by atoms with Crippen molar-refractivity contribution in [1.29, 1.82) is 0 Å². The molecule has 2 bridgehead atoms. The predicted molar refractivity (Wildman–Crippen MR) is 118 cm³/mol. The summed E-state index contributed by atoms with van der Waals surface area (Å²) in [5.41, 5.74) is 2.23. The summed E-state index contributed by atoms with van der Waals surface area (Å²) in [6, 6.07) is 8.22. The van der Waals surface area contributed by atoms with Crippen LogP contribution in [0.4, 0.5) is 5.69 Å². The fourth-order valence-electron chi connectivity index (χ4n) is 4.32. The van der Waals surface area contributed by atoms with Crippen molar-refractivity contribution in [2.45, 2.75) is 64.1 Å². The zero-order valence-corrected chi connectivity index (χ0v) is 17.8. The van der Waals surface area contributed by atoms with Crippen molar-refractivity contribution in [2.24, 2.45) is 11.8 Å². The molecular formula is C23H31NO4S. The van der Waals surface area contributed by atoms with Crippen molar-refractivity contribution in [3.63, 3.8) is 0 Å². The van der Waals surface area contributed by atoms with Crippen molar-refractivity contribution in [2.75, 3.05) is 11.9 Å². The monoisotopic (exact) mass is 417 g/mol. The minimum absolute atomic E-state index is 0.226. The summed E-state index contributed by atoms with van der Waals surface area (Å²) in [7, 11) is 0. The normalized spacial score (nSPS) is 25.4. The summed E-state index contributed by atoms with van der Waals surface area (Å²) < 4.78 is 12.0. The first-order chi connectivity index (χ1) is 14.1. The van der Waals surface area contributed by atoms with Crippen LogP contribution in [0.1, 0.15) is 51.0 Å². The molecule has 2 saturated heterocycles. The molecule has 0 unspecified atom stereocenters. The quantitative estimate of drug-likeness (QED) is 0.319. The molecule has 2 heterocycles. The Balaban J connectivity index is 1.44. The third kappa shape index (κ3) is 6.28. The van der Waals surface area contributed by atoms with E-state index in [4.69, 9.17) is 26.8 Å². The van der Waals surface area contributed by atoms with Gasteiger partial charge in [0.25, 0.3) is 5.17 Å². The van der Waals surface area contributed by atoms with E-state index >= 15 is 0 Å². The van der Waals surface area contributed by atoms with Crippen LogP contribution in [0.3, 0.4) is 0 Å². The van der Waals surface area contributed by atoms with Crippen molar-refractivity contribution in [1.82, 2.24) is 0 Å². The van der Waals surface area contributed by atoms with Crippen LogP contribution in [-0.2, 0) is 20.7 Å². The zero-order valence-electron chi connectivity index (χ0n) is 17.0. The average Bonchev–Trinajstić information content (AvgIpc) is 3.31. The number of hydrogen-bond acceptors (Lipinski definition) is 4. The number of thiocarbonyl (C=S) groups is 1. The molecule has 2 fully saturated rings. The molecule has 0 amide bonds. The molecule has 3 rings (SSSR count). The summed E-state index contributed by atoms with van der Waals surface area (Å²) >= 11 is 5.38. The van der Waals surface area contributed by atoms with Gasteiger partial charge in [-0.05, 0) is 74.4 Å². The summed E-state index contributed by atoms with van der Waals surface area (Å²) in [4.78, 5) is 10.6. The number of allylic oxidation sites excluding steroid dienone is 2. The molecule has 4 atom stereocenters. The van der Waals surface area contributed by atoms with Crippen LogP contribution in [0.5, 0.6) is 0 Å². The second kappa shape index (κ2) is 10.7. The fourth-order valence-corrected chi connectivity index (χ4v) is 4.51. The first-order valence-corrected chi connectivity index (χ1v) is 11.0. The number of carboxylic acid groups (broad SMARTS) is 1. The topological polar surface area (TPSA) is 67.8 Å². The Hall–Kier alpha value is -1.92. The molecule has 0 saturated carbocycles. The van der Waals surface area contributed by atoms with E-state index in [1.165, 1.54) is 5.56 Å². The number of ether oxygens (including phenoxy) is 2. The van der Waals surface area contributed by atoms with E-state index < -0.39 is 5.97 Å². The lowest BCUT2D eigenvalue weighted by Gasteiger charge is -2.27. The number of benzene rings is 1. The van der Waals surface area contributed by atoms with Crippen LogP contribution in [0.15, 0.2) is 36.4 Å². The highest BCUT2D eigenvalue weighted by atomic mass is 32.1. The minimum Gasteiger partial charge on any atom is -0.481 e. The smallest absolute Gasteiger partial charge is 0.303 e.